The highest BCUT2D eigenvalue weighted by Crippen LogP contribution is 2.48. The molecule has 1 aliphatic carbocycles. The number of rotatable bonds is 1. The molecule has 0 aromatic carbocycles. The summed E-state index contributed by atoms with van der Waals surface area (Å²) < 4.78 is 0. The van der Waals surface area contributed by atoms with E-state index in [0.717, 1.165) is 12.7 Å². The second-order valence-corrected chi connectivity index (χ2v) is 3.40. The van der Waals surface area contributed by atoms with Crippen LogP contribution in [-0.2, 0) is 4.79 Å². The zero-order valence-electron chi connectivity index (χ0n) is 4.15. The van der Waals surface area contributed by atoms with E-state index in [9.17, 15) is 4.79 Å². The van der Waals surface area contributed by atoms with Gasteiger partial charge in [0.25, 0.3) is 0 Å². The smallest absolute Gasteiger partial charge is 0.127 e. The summed E-state index contributed by atoms with van der Waals surface area (Å²) in [5.41, 5.74) is -0.0139. The lowest BCUT2D eigenvalue weighted by Gasteiger charge is -1.89. The van der Waals surface area contributed by atoms with Crippen molar-refractivity contribution in [3.63, 3.8) is 0 Å². The van der Waals surface area contributed by atoms with Gasteiger partial charge in [-0.3, -0.25) is 0 Å². The number of hydrogen-bond acceptors (Lipinski definition) is 1. The first kappa shape index (κ1) is 5.29. The quantitative estimate of drug-likeness (QED) is 0.421. The van der Waals surface area contributed by atoms with E-state index < -0.39 is 0 Å². The summed E-state index contributed by atoms with van der Waals surface area (Å²) in [5, 5.41) is 0. The van der Waals surface area contributed by atoms with Crippen LogP contribution in [0.4, 0.5) is 0 Å². The van der Waals surface area contributed by atoms with Crippen LogP contribution in [0.5, 0.6) is 0 Å². The van der Waals surface area contributed by atoms with Gasteiger partial charge in [0.15, 0.2) is 0 Å². The predicted octanol–water partition coefficient (Wildman–Crippen LogP) is 1.36. The van der Waals surface area contributed by atoms with Gasteiger partial charge in [-0.25, -0.2) is 0 Å². The van der Waals surface area contributed by atoms with Gasteiger partial charge in [0.2, 0.25) is 0 Å². The van der Waals surface area contributed by atoms with Crippen LogP contribution >= 0.6 is 15.9 Å². The van der Waals surface area contributed by atoms with Crippen LogP contribution in [-0.4, -0.2) is 11.1 Å². The molecule has 1 fully saturated rings. The van der Waals surface area contributed by atoms with Crippen LogP contribution in [0.2, 0.25) is 0 Å². The van der Waals surface area contributed by atoms with E-state index in [-0.39, 0.29) is 5.41 Å². The Morgan fingerprint density at radius 3 is 2.43 bits per heavy atom. The van der Waals surface area contributed by atoms with E-state index in [0.29, 0.717) is 4.83 Å². The molecule has 0 amide bonds. The van der Waals surface area contributed by atoms with Crippen LogP contribution in [0.25, 0.3) is 0 Å². The third kappa shape index (κ3) is 0.717. The molecule has 0 aromatic rings. The molecule has 2 heteroatoms. The molecule has 2 atom stereocenters. The number of carbonyl (C=O) groups excluding carboxylic acids is 1. The summed E-state index contributed by atoms with van der Waals surface area (Å²) in [4.78, 5) is 10.5. The lowest BCUT2D eigenvalue weighted by Crippen LogP contribution is -1.96. The SMILES string of the molecule is CC1(C=O)CC1Br. The highest BCUT2D eigenvalue weighted by Gasteiger charge is 2.48. The van der Waals surface area contributed by atoms with Crippen LogP contribution in [0.15, 0.2) is 0 Å². The lowest BCUT2D eigenvalue weighted by atomic mass is 10.2. The molecule has 0 heterocycles. The number of aldehydes is 1. The Bertz CT molecular complexity index is 102. The summed E-state index contributed by atoms with van der Waals surface area (Å²) in [5.74, 6) is 0. The fourth-order valence-electron chi connectivity index (χ4n) is 0.449. The molecule has 1 aliphatic rings. The first-order chi connectivity index (χ1) is 3.19. The molecular weight excluding hydrogens is 156 g/mol. The van der Waals surface area contributed by atoms with Crippen molar-refractivity contribution >= 4 is 22.2 Å². The molecular formula is C5H7BrO. The normalized spacial score (nSPS) is 48.6. The summed E-state index contributed by atoms with van der Waals surface area (Å²) >= 11 is 3.33. The van der Waals surface area contributed by atoms with Crippen molar-refractivity contribution in [2.24, 2.45) is 5.41 Å². The van der Waals surface area contributed by atoms with E-state index in [1.807, 2.05) is 6.92 Å². The number of hydrogen-bond donors (Lipinski definition) is 0. The number of halogens is 1. The summed E-state index contributed by atoms with van der Waals surface area (Å²) in [6, 6.07) is 0. The summed E-state index contributed by atoms with van der Waals surface area (Å²) in [6.07, 6.45) is 2.03. The molecule has 1 saturated carbocycles. The van der Waals surface area contributed by atoms with Crippen LogP contribution in [0.1, 0.15) is 13.3 Å². The largest absolute Gasteiger partial charge is 0.303 e. The van der Waals surface area contributed by atoms with Crippen LogP contribution in [0, 0.1) is 5.41 Å². The van der Waals surface area contributed by atoms with Gasteiger partial charge in [-0.2, -0.15) is 0 Å². The zero-order chi connectivity index (χ0) is 5.49. The van der Waals surface area contributed by atoms with Crippen molar-refractivity contribution in [1.82, 2.24) is 0 Å². The zero-order valence-corrected chi connectivity index (χ0v) is 5.73. The van der Waals surface area contributed by atoms with E-state index >= 15 is 0 Å². The maximum atomic E-state index is 10.1. The Hall–Kier alpha value is 0.150. The topological polar surface area (TPSA) is 17.1 Å². The average Bonchev–Trinajstić information content (AvgIpc) is 2.18. The molecule has 0 spiro atoms. The Morgan fingerprint density at radius 1 is 2.00 bits per heavy atom. The molecule has 0 bridgehead atoms. The van der Waals surface area contributed by atoms with Gasteiger partial charge >= 0.3 is 0 Å². The molecule has 0 aliphatic heterocycles. The van der Waals surface area contributed by atoms with Gasteiger partial charge in [0, 0.05) is 10.2 Å². The predicted molar refractivity (Wildman–Crippen MR) is 31.5 cm³/mol. The van der Waals surface area contributed by atoms with E-state index in [1.165, 1.54) is 0 Å². The minimum Gasteiger partial charge on any atom is -0.303 e. The highest BCUT2D eigenvalue weighted by atomic mass is 79.9. The number of alkyl halides is 1. The van der Waals surface area contributed by atoms with Gasteiger partial charge in [0.1, 0.15) is 6.29 Å². The molecule has 7 heavy (non-hydrogen) atoms. The Labute approximate surface area is 51.2 Å². The van der Waals surface area contributed by atoms with Gasteiger partial charge in [-0.15, -0.1) is 0 Å². The molecule has 1 nitrogen and oxygen atoms in total. The Morgan fingerprint density at radius 2 is 2.43 bits per heavy atom. The van der Waals surface area contributed by atoms with Crippen molar-refractivity contribution < 1.29 is 4.79 Å². The monoisotopic (exact) mass is 162 g/mol. The second-order valence-electron chi connectivity index (χ2n) is 2.30. The fourth-order valence-corrected chi connectivity index (χ4v) is 1.25. The Kier molecular flexibility index (Phi) is 0.991. The lowest BCUT2D eigenvalue weighted by molar-refractivity contribution is -0.111. The molecule has 0 saturated heterocycles. The molecule has 40 valence electrons. The minimum absolute atomic E-state index is 0.0139. The van der Waals surface area contributed by atoms with Crippen molar-refractivity contribution in [2.45, 2.75) is 18.2 Å². The van der Waals surface area contributed by atoms with Crippen molar-refractivity contribution in [3.05, 3.63) is 0 Å². The van der Waals surface area contributed by atoms with Gasteiger partial charge in [-0.1, -0.05) is 22.9 Å². The van der Waals surface area contributed by atoms with Crippen molar-refractivity contribution in [3.8, 4) is 0 Å². The first-order valence-corrected chi connectivity index (χ1v) is 3.21. The summed E-state index contributed by atoms with van der Waals surface area (Å²) in [7, 11) is 0. The second kappa shape index (κ2) is 1.31. The average molecular weight is 163 g/mol. The molecule has 2 unspecified atom stereocenters. The number of carbonyl (C=O) groups is 1. The van der Waals surface area contributed by atoms with Gasteiger partial charge < -0.3 is 4.79 Å². The first-order valence-electron chi connectivity index (χ1n) is 2.29. The highest BCUT2D eigenvalue weighted by molar-refractivity contribution is 9.09. The van der Waals surface area contributed by atoms with Crippen LogP contribution < -0.4 is 0 Å². The van der Waals surface area contributed by atoms with Gasteiger partial charge in [-0.05, 0) is 6.42 Å². The van der Waals surface area contributed by atoms with E-state index in [2.05, 4.69) is 15.9 Å². The minimum atomic E-state index is -0.0139. The summed E-state index contributed by atoms with van der Waals surface area (Å²) in [6.45, 7) is 1.96. The van der Waals surface area contributed by atoms with Crippen molar-refractivity contribution in [1.29, 1.82) is 0 Å². The van der Waals surface area contributed by atoms with Crippen LogP contribution in [0.3, 0.4) is 0 Å². The van der Waals surface area contributed by atoms with E-state index in [1.54, 1.807) is 0 Å². The standard InChI is InChI=1S/C5H7BrO/c1-5(3-7)2-4(5)6/h3-4H,2H2,1H3. The third-order valence-corrected chi connectivity index (χ3v) is 2.81. The molecule has 0 aromatic heterocycles. The Balaban J connectivity index is 2.51. The van der Waals surface area contributed by atoms with E-state index in [4.69, 9.17) is 0 Å². The third-order valence-electron chi connectivity index (χ3n) is 1.44. The molecule has 0 N–H and O–H groups in total. The maximum Gasteiger partial charge on any atom is 0.127 e. The molecule has 0 radical (unpaired) electrons. The van der Waals surface area contributed by atoms with Gasteiger partial charge in [0.05, 0.1) is 0 Å². The van der Waals surface area contributed by atoms with Crippen molar-refractivity contribution in [2.75, 3.05) is 0 Å². The fraction of sp³-hybridized carbons (Fsp3) is 0.800. The maximum absolute atomic E-state index is 10.1. The molecule has 1 rings (SSSR count).